The molecule has 0 fully saturated rings. The maximum atomic E-state index is 12.0. The van der Waals surface area contributed by atoms with Gasteiger partial charge in [-0.1, -0.05) is 61.0 Å². The zero-order valence-electron chi connectivity index (χ0n) is 16.9. The fourth-order valence-electron chi connectivity index (χ4n) is 2.80. The van der Waals surface area contributed by atoms with Gasteiger partial charge in [0, 0.05) is 0 Å². The lowest BCUT2D eigenvalue weighted by Gasteiger charge is -2.07. The molecule has 0 aliphatic heterocycles. The van der Waals surface area contributed by atoms with Gasteiger partial charge in [-0.2, -0.15) is 5.10 Å². The first-order chi connectivity index (χ1) is 14.1. The Morgan fingerprint density at radius 2 is 1.52 bits per heavy atom. The maximum Gasteiger partial charge on any atom is 0.244 e. The summed E-state index contributed by atoms with van der Waals surface area (Å²) >= 11 is 0. The van der Waals surface area contributed by atoms with E-state index in [1.54, 1.807) is 6.21 Å². The normalized spacial score (nSPS) is 10.8. The second kappa shape index (κ2) is 10.2. The van der Waals surface area contributed by atoms with Crippen LogP contribution in [0.1, 0.15) is 34.7 Å². The van der Waals surface area contributed by atoms with Gasteiger partial charge in [-0.25, -0.2) is 5.43 Å². The molecule has 0 atom stereocenters. The highest BCUT2D eigenvalue weighted by Crippen LogP contribution is 2.14. The monoisotopic (exact) mass is 386 g/mol. The summed E-state index contributed by atoms with van der Waals surface area (Å²) in [5, 5.41) is 4.04. The second-order valence-electron chi connectivity index (χ2n) is 6.98. The molecule has 1 amide bonds. The van der Waals surface area contributed by atoms with E-state index >= 15 is 0 Å². The molecule has 4 nitrogen and oxygen atoms in total. The second-order valence-corrected chi connectivity index (χ2v) is 6.98. The third-order valence-corrected chi connectivity index (χ3v) is 4.60. The van der Waals surface area contributed by atoms with Crippen LogP contribution in [0, 0.1) is 6.92 Å². The molecule has 0 aliphatic carbocycles. The molecule has 3 aromatic rings. The molecule has 0 aromatic heterocycles. The van der Waals surface area contributed by atoms with Gasteiger partial charge in [0.1, 0.15) is 12.4 Å². The molecule has 0 radical (unpaired) electrons. The summed E-state index contributed by atoms with van der Waals surface area (Å²) in [5.74, 6) is 0.658. The maximum absolute atomic E-state index is 12.0. The first kappa shape index (κ1) is 20.3. The van der Waals surface area contributed by atoms with Crippen molar-refractivity contribution >= 4 is 12.1 Å². The van der Waals surface area contributed by atoms with Crippen LogP contribution in [0.4, 0.5) is 0 Å². The number of nitrogens with one attached hydrogen (secondary N) is 1. The smallest absolute Gasteiger partial charge is 0.244 e. The van der Waals surface area contributed by atoms with Crippen molar-refractivity contribution in [3.05, 3.63) is 101 Å². The molecular formula is C25H26N2O2. The van der Waals surface area contributed by atoms with E-state index in [-0.39, 0.29) is 5.91 Å². The number of hydrazone groups is 1. The van der Waals surface area contributed by atoms with Gasteiger partial charge in [0.05, 0.1) is 12.6 Å². The molecule has 0 unspecified atom stereocenters. The molecule has 0 bridgehead atoms. The minimum absolute atomic E-state index is 0.136. The Kier molecular flexibility index (Phi) is 7.17. The van der Waals surface area contributed by atoms with Crippen molar-refractivity contribution in [3.8, 4) is 5.75 Å². The van der Waals surface area contributed by atoms with E-state index in [2.05, 4.69) is 48.6 Å². The summed E-state index contributed by atoms with van der Waals surface area (Å²) in [6.45, 7) is 4.71. The summed E-state index contributed by atoms with van der Waals surface area (Å²) in [4.78, 5) is 12.0. The lowest BCUT2D eigenvalue weighted by molar-refractivity contribution is -0.120. The van der Waals surface area contributed by atoms with Crippen LogP contribution < -0.4 is 10.2 Å². The zero-order chi connectivity index (χ0) is 20.5. The summed E-state index contributed by atoms with van der Waals surface area (Å²) in [6, 6.07) is 24.0. The van der Waals surface area contributed by atoms with E-state index in [0.717, 1.165) is 28.9 Å². The van der Waals surface area contributed by atoms with Gasteiger partial charge >= 0.3 is 0 Å². The third-order valence-electron chi connectivity index (χ3n) is 4.60. The van der Waals surface area contributed by atoms with Crippen molar-refractivity contribution < 1.29 is 9.53 Å². The van der Waals surface area contributed by atoms with E-state index < -0.39 is 0 Å². The first-order valence-corrected chi connectivity index (χ1v) is 9.80. The fourth-order valence-corrected chi connectivity index (χ4v) is 2.80. The van der Waals surface area contributed by atoms with E-state index in [1.165, 1.54) is 11.1 Å². The van der Waals surface area contributed by atoms with Gasteiger partial charge in [-0.15, -0.1) is 0 Å². The van der Waals surface area contributed by atoms with Crippen LogP contribution in [-0.4, -0.2) is 12.1 Å². The van der Waals surface area contributed by atoms with E-state index in [4.69, 9.17) is 4.74 Å². The van der Waals surface area contributed by atoms with Gasteiger partial charge in [-0.05, 0) is 59.9 Å². The number of aryl methyl sites for hydroxylation is 2. The molecule has 3 rings (SSSR count). The lowest BCUT2D eigenvalue weighted by atomic mass is 10.1. The minimum Gasteiger partial charge on any atom is -0.489 e. The number of hydrogen-bond acceptors (Lipinski definition) is 3. The number of ether oxygens (including phenoxy) is 1. The number of carbonyl (C=O) groups is 1. The van der Waals surface area contributed by atoms with Gasteiger partial charge in [-0.3, -0.25) is 4.79 Å². The van der Waals surface area contributed by atoms with E-state index in [9.17, 15) is 4.79 Å². The molecule has 1 N–H and O–H groups in total. The number of rotatable bonds is 8. The molecular weight excluding hydrogens is 360 g/mol. The van der Waals surface area contributed by atoms with Gasteiger partial charge in [0.25, 0.3) is 0 Å². The Morgan fingerprint density at radius 3 is 2.17 bits per heavy atom. The number of carbonyl (C=O) groups excluding carboxylic acids is 1. The number of hydrogen-bond donors (Lipinski definition) is 1. The molecule has 0 saturated carbocycles. The van der Waals surface area contributed by atoms with Crippen molar-refractivity contribution in [3.63, 3.8) is 0 Å². The summed E-state index contributed by atoms with van der Waals surface area (Å²) in [5.41, 5.74) is 8.07. The average molecular weight is 386 g/mol. The molecule has 3 aromatic carbocycles. The SMILES string of the molecule is CCc1ccc(CC(=O)N/N=C/c2ccc(OCc3ccc(C)cc3)cc2)cc1. The van der Waals surface area contributed by atoms with E-state index in [1.807, 2.05) is 48.5 Å². The van der Waals surface area contributed by atoms with Crippen LogP contribution in [0.25, 0.3) is 0 Å². The predicted octanol–water partition coefficient (Wildman–Crippen LogP) is 4.83. The Bertz CT molecular complexity index is 944. The molecule has 0 spiro atoms. The molecule has 29 heavy (non-hydrogen) atoms. The standard InChI is InChI=1S/C25H26N2O2/c1-3-20-8-10-21(11-9-20)16-25(28)27-26-17-22-12-14-24(15-13-22)29-18-23-6-4-19(2)5-7-23/h4-15,17H,3,16,18H2,1-2H3,(H,27,28)/b26-17+. The molecule has 0 saturated heterocycles. The van der Waals surface area contributed by atoms with Crippen LogP contribution in [0.2, 0.25) is 0 Å². The quantitative estimate of drug-likeness (QED) is 0.445. The topological polar surface area (TPSA) is 50.7 Å². The van der Waals surface area contributed by atoms with Crippen LogP contribution in [0.15, 0.2) is 77.9 Å². The van der Waals surface area contributed by atoms with E-state index in [0.29, 0.717) is 13.0 Å². The largest absolute Gasteiger partial charge is 0.489 e. The number of nitrogens with zero attached hydrogens (tertiary/aromatic N) is 1. The highest BCUT2D eigenvalue weighted by molar-refractivity contribution is 5.83. The number of benzene rings is 3. The van der Waals surface area contributed by atoms with Crippen molar-refractivity contribution in [1.29, 1.82) is 0 Å². The highest BCUT2D eigenvalue weighted by Gasteiger charge is 2.02. The summed E-state index contributed by atoms with van der Waals surface area (Å²) < 4.78 is 5.80. The molecule has 0 heterocycles. The van der Waals surface area contributed by atoms with Crippen molar-refractivity contribution in [1.82, 2.24) is 5.43 Å². The van der Waals surface area contributed by atoms with Crippen LogP contribution in [-0.2, 0) is 24.2 Å². The Labute approximate surface area is 172 Å². The molecule has 0 aliphatic rings. The van der Waals surface area contributed by atoms with Crippen molar-refractivity contribution in [2.75, 3.05) is 0 Å². The van der Waals surface area contributed by atoms with Crippen LogP contribution in [0.3, 0.4) is 0 Å². The summed E-state index contributed by atoms with van der Waals surface area (Å²) in [6.07, 6.45) is 2.93. The van der Waals surface area contributed by atoms with Gasteiger partial charge in [0.15, 0.2) is 0 Å². The Balaban J connectivity index is 1.45. The average Bonchev–Trinajstić information content (AvgIpc) is 2.75. The fraction of sp³-hybridized carbons (Fsp3) is 0.200. The third kappa shape index (κ3) is 6.61. The first-order valence-electron chi connectivity index (χ1n) is 9.80. The lowest BCUT2D eigenvalue weighted by Crippen LogP contribution is -2.19. The molecule has 4 heteroatoms. The van der Waals surface area contributed by atoms with Crippen molar-refractivity contribution in [2.45, 2.75) is 33.3 Å². The predicted molar refractivity (Wildman–Crippen MR) is 117 cm³/mol. The molecule has 148 valence electrons. The van der Waals surface area contributed by atoms with Gasteiger partial charge < -0.3 is 4.74 Å². The minimum atomic E-state index is -0.136. The zero-order valence-corrected chi connectivity index (χ0v) is 16.9. The Hall–Kier alpha value is -3.40. The van der Waals surface area contributed by atoms with Crippen LogP contribution in [0.5, 0.6) is 5.75 Å². The highest BCUT2D eigenvalue weighted by atomic mass is 16.5. The number of amides is 1. The van der Waals surface area contributed by atoms with Crippen LogP contribution >= 0.6 is 0 Å². The van der Waals surface area contributed by atoms with Gasteiger partial charge in [0.2, 0.25) is 5.91 Å². The van der Waals surface area contributed by atoms with Crippen molar-refractivity contribution in [2.24, 2.45) is 5.10 Å². The summed E-state index contributed by atoms with van der Waals surface area (Å²) in [7, 11) is 0. The Morgan fingerprint density at radius 1 is 0.897 bits per heavy atom.